The molecule has 0 aliphatic rings. The fourth-order valence-electron chi connectivity index (χ4n) is 2.30. The van der Waals surface area contributed by atoms with Crippen LogP contribution >= 0.6 is 0 Å². The van der Waals surface area contributed by atoms with Crippen molar-refractivity contribution >= 4 is 6.03 Å². The van der Waals surface area contributed by atoms with Crippen LogP contribution in [0.25, 0.3) is 5.69 Å². The van der Waals surface area contributed by atoms with Gasteiger partial charge in [0, 0.05) is 31.5 Å². The molecule has 1 atom stereocenters. The van der Waals surface area contributed by atoms with E-state index in [4.69, 9.17) is 5.11 Å². The Morgan fingerprint density at radius 2 is 2.13 bits per heavy atom. The summed E-state index contributed by atoms with van der Waals surface area (Å²) in [5, 5.41) is 16.1. The number of amides is 2. The molecule has 0 saturated heterocycles. The zero-order chi connectivity index (χ0) is 16.7. The summed E-state index contributed by atoms with van der Waals surface area (Å²) in [6, 6.07) is 9.77. The van der Waals surface area contributed by atoms with Gasteiger partial charge in [-0.3, -0.25) is 0 Å². The lowest BCUT2D eigenvalue weighted by molar-refractivity contribution is 0.201. The van der Waals surface area contributed by atoms with Gasteiger partial charge in [-0.2, -0.15) is 5.10 Å². The number of hydrogen-bond acceptors (Lipinski definition) is 3. The summed E-state index contributed by atoms with van der Waals surface area (Å²) in [4.78, 5) is 13.7. The molecule has 0 aliphatic heterocycles. The Balaban J connectivity index is 1.89. The fraction of sp³-hybridized carbons (Fsp3) is 0.412. The summed E-state index contributed by atoms with van der Waals surface area (Å²) in [5.41, 5.74) is 1.96. The van der Waals surface area contributed by atoms with Gasteiger partial charge in [-0.05, 0) is 31.9 Å². The van der Waals surface area contributed by atoms with Crippen LogP contribution in [0, 0.1) is 0 Å². The highest BCUT2D eigenvalue weighted by molar-refractivity contribution is 5.74. The monoisotopic (exact) mass is 316 g/mol. The highest BCUT2D eigenvalue weighted by atomic mass is 16.3. The number of carbonyl (C=O) groups is 1. The maximum Gasteiger partial charge on any atom is 0.317 e. The number of urea groups is 1. The van der Waals surface area contributed by atoms with E-state index in [9.17, 15) is 4.79 Å². The predicted molar refractivity (Wildman–Crippen MR) is 89.3 cm³/mol. The molecule has 0 bridgehead atoms. The number of aliphatic hydroxyl groups excluding tert-OH is 1. The summed E-state index contributed by atoms with van der Waals surface area (Å²) < 4.78 is 1.80. The van der Waals surface area contributed by atoms with Gasteiger partial charge in [0.2, 0.25) is 0 Å². The highest BCUT2D eigenvalue weighted by Crippen LogP contribution is 2.09. The molecule has 124 valence electrons. The van der Waals surface area contributed by atoms with Gasteiger partial charge >= 0.3 is 6.03 Å². The molecule has 6 nitrogen and oxygen atoms in total. The van der Waals surface area contributed by atoms with Crippen LogP contribution in [0.15, 0.2) is 42.7 Å². The molecule has 0 radical (unpaired) electrons. The van der Waals surface area contributed by atoms with E-state index in [1.165, 1.54) is 0 Å². The third-order valence-corrected chi connectivity index (χ3v) is 3.59. The molecule has 2 N–H and O–H groups in total. The Morgan fingerprint density at radius 1 is 1.39 bits per heavy atom. The van der Waals surface area contributed by atoms with Crippen molar-refractivity contribution in [1.29, 1.82) is 0 Å². The number of benzene rings is 1. The summed E-state index contributed by atoms with van der Waals surface area (Å²) in [6.07, 6.45) is 5.15. The third kappa shape index (κ3) is 5.10. The van der Waals surface area contributed by atoms with Crippen molar-refractivity contribution < 1.29 is 9.90 Å². The number of rotatable bonds is 7. The minimum Gasteiger partial charge on any atom is -0.396 e. The van der Waals surface area contributed by atoms with Gasteiger partial charge in [-0.1, -0.05) is 18.2 Å². The van der Waals surface area contributed by atoms with Gasteiger partial charge < -0.3 is 15.3 Å². The molecule has 2 rings (SSSR count). The Morgan fingerprint density at radius 3 is 2.83 bits per heavy atom. The third-order valence-electron chi connectivity index (χ3n) is 3.59. The van der Waals surface area contributed by atoms with Crippen molar-refractivity contribution in [3.8, 4) is 5.69 Å². The molecular weight excluding hydrogens is 292 g/mol. The number of nitrogens with zero attached hydrogens (tertiary/aromatic N) is 3. The average molecular weight is 316 g/mol. The fourth-order valence-corrected chi connectivity index (χ4v) is 2.30. The van der Waals surface area contributed by atoms with E-state index in [2.05, 4.69) is 10.4 Å². The van der Waals surface area contributed by atoms with Crippen LogP contribution in [0.1, 0.15) is 25.3 Å². The molecular formula is C17H24N4O2. The SMILES string of the molecule is CC(CCCO)NC(=O)N(C)Cc1cnn(-c2ccccc2)c1. The Hall–Kier alpha value is -2.34. The number of nitrogens with one attached hydrogen (secondary N) is 1. The van der Waals surface area contributed by atoms with E-state index < -0.39 is 0 Å². The van der Waals surface area contributed by atoms with E-state index in [0.717, 1.165) is 17.7 Å². The lowest BCUT2D eigenvalue weighted by Crippen LogP contribution is -2.41. The van der Waals surface area contributed by atoms with E-state index in [-0.39, 0.29) is 18.7 Å². The normalized spacial score (nSPS) is 12.0. The van der Waals surface area contributed by atoms with Crippen LogP contribution in [0.3, 0.4) is 0 Å². The van der Waals surface area contributed by atoms with Gasteiger partial charge in [-0.25, -0.2) is 9.48 Å². The smallest absolute Gasteiger partial charge is 0.317 e. The maximum absolute atomic E-state index is 12.1. The van der Waals surface area contributed by atoms with E-state index in [1.54, 1.807) is 22.8 Å². The van der Waals surface area contributed by atoms with Crippen LogP contribution in [0.5, 0.6) is 0 Å². The topological polar surface area (TPSA) is 70.4 Å². The first-order valence-corrected chi connectivity index (χ1v) is 7.81. The second-order valence-electron chi connectivity index (χ2n) is 5.70. The Kier molecular flexibility index (Phi) is 6.17. The first-order valence-electron chi connectivity index (χ1n) is 7.81. The standard InChI is InChI=1S/C17H24N4O2/c1-14(7-6-10-22)19-17(23)20(2)12-15-11-18-21(13-15)16-8-4-3-5-9-16/h3-5,8-9,11,13-14,22H,6-7,10,12H2,1-2H3,(H,19,23). The first-order chi connectivity index (χ1) is 11.1. The van der Waals surface area contributed by atoms with Gasteiger partial charge in [0.1, 0.15) is 0 Å². The second-order valence-corrected chi connectivity index (χ2v) is 5.70. The largest absolute Gasteiger partial charge is 0.396 e. The van der Waals surface area contributed by atoms with Crippen LogP contribution in [-0.4, -0.2) is 45.5 Å². The molecule has 23 heavy (non-hydrogen) atoms. The maximum atomic E-state index is 12.1. The number of aromatic nitrogens is 2. The average Bonchev–Trinajstić information content (AvgIpc) is 3.02. The van der Waals surface area contributed by atoms with Crippen molar-refractivity contribution in [3.63, 3.8) is 0 Å². The van der Waals surface area contributed by atoms with Crippen molar-refractivity contribution in [2.24, 2.45) is 0 Å². The van der Waals surface area contributed by atoms with Gasteiger partial charge in [0.05, 0.1) is 18.4 Å². The first kappa shape index (κ1) is 17.0. The van der Waals surface area contributed by atoms with Crippen LogP contribution in [0.2, 0.25) is 0 Å². The van der Waals surface area contributed by atoms with Crippen LogP contribution in [0.4, 0.5) is 4.79 Å². The zero-order valence-electron chi connectivity index (χ0n) is 13.6. The van der Waals surface area contributed by atoms with Crippen molar-refractivity contribution in [2.75, 3.05) is 13.7 Å². The molecule has 0 aliphatic carbocycles. The molecule has 1 unspecified atom stereocenters. The minimum absolute atomic E-state index is 0.0455. The number of aliphatic hydroxyl groups is 1. The molecule has 1 aromatic heterocycles. The van der Waals surface area contributed by atoms with Crippen LogP contribution < -0.4 is 5.32 Å². The Bertz CT molecular complexity index is 612. The molecule has 1 aromatic carbocycles. The number of carbonyl (C=O) groups excluding carboxylic acids is 1. The van der Waals surface area contributed by atoms with Gasteiger partial charge in [0.25, 0.3) is 0 Å². The molecule has 2 amide bonds. The van der Waals surface area contributed by atoms with Crippen molar-refractivity contribution in [2.45, 2.75) is 32.4 Å². The van der Waals surface area contributed by atoms with Crippen molar-refractivity contribution in [1.82, 2.24) is 20.0 Å². The molecule has 1 heterocycles. The minimum atomic E-state index is -0.122. The van der Waals surface area contributed by atoms with E-state index in [0.29, 0.717) is 13.0 Å². The molecule has 0 fully saturated rings. The van der Waals surface area contributed by atoms with Gasteiger partial charge in [0.15, 0.2) is 0 Å². The van der Waals surface area contributed by atoms with E-state index >= 15 is 0 Å². The predicted octanol–water partition coefficient (Wildman–Crippen LogP) is 2.17. The van der Waals surface area contributed by atoms with Crippen LogP contribution in [-0.2, 0) is 6.54 Å². The molecule has 0 saturated carbocycles. The van der Waals surface area contributed by atoms with Crippen molar-refractivity contribution in [3.05, 3.63) is 48.3 Å². The molecule has 6 heteroatoms. The molecule has 2 aromatic rings. The second kappa shape index (κ2) is 8.33. The lowest BCUT2D eigenvalue weighted by atomic mass is 10.2. The quantitative estimate of drug-likeness (QED) is 0.822. The zero-order valence-corrected chi connectivity index (χ0v) is 13.6. The van der Waals surface area contributed by atoms with Gasteiger partial charge in [-0.15, -0.1) is 0 Å². The lowest BCUT2D eigenvalue weighted by Gasteiger charge is -2.20. The highest BCUT2D eigenvalue weighted by Gasteiger charge is 2.13. The summed E-state index contributed by atoms with van der Waals surface area (Å²) in [6.45, 7) is 2.58. The van der Waals surface area contributed by atoms with E-state index in [1.807, 2.05) is 43.5 Å². The Labute approximate surface area is 136 Å². The summed E-state index contributed by atoms with van der Waals surface area (Å²) in [5.74, 6) is 0. The summed E-state index contributed by atoms with van der Waals surface area (Å²) in [7, 11) is 1.76. The molecule has 0 spiro atoms. The number of para-hydroxylation sites is 1. The summed E-state index contributed by atoms with van der Waals surface area (Å²) >= 11 is 0. The number of hydrogen-bond donors (Lipinski definition) is 2.